The highest BCUT2D eigenvalue weighted by Crippen LogP contribution is 2.36. The molecule has 4 heteroatoms. The summed E-state index contributed by atoms with van der Waals surface area (Å²) in [4.78, 5) is 0. The summed E-state index contributed by atoms with van der Waals surface area (Å²) < 4.78 is 10.9. The summed E-state index contributed by atoms with van der Waals surface area (Å²) in [5.74, 6) is 0.817. The van der Waals surface area contributed by atoms with E-state index in [1.165, 1.54) is 0 Å². The standard InChI is InChI=1S/C14H17NO3/c1-10(9-15)17-7-8-18-14-4-2-3-11-12(14)5-6-13(11)16/h2-4,10,13,16H,5-8H2,1H3. The van der Waals surface area contributed by atoms with Crippen molar-refractivity contribution >= 4 is 0 Å². The maximum atomic E-state index is 9.77. The highest BCUT2D eigenvalue weighted by atomic mass is 16.5. The van der Waals surface area contributed by atoms with E-state index in [4.69, 9.17) is 14.7 Å². The Hall–Kier alpha value is -1.57. The molecule has 2 rings (SSSR count). The van der Waals surface area contributed by atoms with E-state index in [9.17, 15) is 5.11 Å². The molecule has 0 saturated carbocycles. The van der Waals surface area contributed by atoms with Crippen LogP contribution in [0, 0.1) is 11.3 Å². The predicted molar refractivity (Wildman–Crippen MR) is 66.2 cm³/mol. The number of benzene rings is 1. The molecule has 18 heavy (non-hydrogen) atoms. The molecule has 0 aliphatic heterocycles. The summed E-state index contributed by atoms with van der Waals surface area (Å²) in [7, 11) is 0. The van der Waals surface area contributed by atoms with Gasteiger partial charge in [-0.15, -0.1) is 0 Å². The molecular formula is C14H17NO3. The van der Waals surface area contributed by atoms with E-state index >= 15 is 0 Å². The summed E-state index contributed by atoms with van der Waals surface area (Å²) in [5.41, 5.74) is 2.07. The summed E-state index contributed by atoms with van der Waals surface area (Å²) in [6, 6.07) is 7.74. The van der Waals surface area contributed by atoms with E-state index in [1.807, 2.05) is 24.3 Å². The third-order valence-electron chi connectivity index (χ3n) is 3.09. The van der Waals surface area contributed by atoms with Crippen LogP contribution in [0.15, 0.2) is 18.2 Å². The second-order valence-electron chi connectivity index (χ2n) is 4.37. The Morgan fingerprint density at radius 1 is 1.50 bits per heavy atom. The van der Waals surface area contributed by atoms with Gasteiger partial charge in [0.2, 0.25) is 0 Å². The van der Waals surface area contributed by atoms with E-state index in [-0.39, 0.29) is 6.10 Å². The Balaban J connectivity index is 1.90. The second kappa shape index (κ2) is 5.85. The zero-order chi connectivity index (χ0) is 13.0. The Kier molecular flexibility index (Phi) is 4.19. The van der Waals surface area contributed by atoms with Crippen LogP contribution >= 0.6 is 0 Å². The van der Waals surface area contributed by atoms with Gasteiger partial charge >= 0.3 is 0 Å². The van der Waals surface area contributed by atoms with Gasteiger partial charge in [0.1, 0.15) is 18.5 Å². The van der Waals surface area contributed by atoms with Crippen molar-refractivity contribution in [2.24, 2.45) is 0 Å². The molecule has 4 nitrogen and oxygen atoms in total. The average molecular weight is 247 g/mol. The van der Waals surface area contributed by atoms with Gasteiger partial charge in [0.25, 0.3) is 0 Å². The molecule has 1 aliphatic rings. The monoisotopic (exact) mass is 247 g/mol. The number of rotatable bonds is 5. The molecule has 0 heterocycles. The Morgan fingerprint density at radius 3 is 3.11 bits per heavy atom. The predicted octanol–water partition coefficient (Wildman–Crippen LogP) is 1.97. The van der Waals surface area contributed by atoms with Crippen LogP contribution in [0.2, 0.25) is 0 Å². The maximum Gasteiger partial charge on any atom is 0.141 e. The van der Waals surface area contributed by atoms with Gasteiger partial charge in [-0.3, -0.25) is 0 Å². The van der Waals surface area contributed by atoms with Crippen LogP contribution in [0.5, 0.6) is 5.75 Å². The molecule has 0 radical (unpaired) electrons. The summed E-state index contributed by atoms with van der Waals surface area (Å²) in [6.45, 7) is 2.51. The van der Waals surface area contributed by atoms with Crippen LogP contribution in [0.25, 0.3) is 0 Å². The van der Waals surface area contributed by atoms with E-state index in [0.29, 0.717) is 13.2 Å². The second-order valence-corrected chi connectivity index (χ2v) is 4.37. The number of aliphatic hydroxyl groups excluding tert-OH is 1. The normalized spacial score (nSPS) is 19.1. The molecule has 0 spiro atoms. The number of aliphatic hydroxyl groups is 1. The lowest BCUT2D eigenvalue weighted by atomic mass is 10.1. The minimum atomic E-state index is -0.406. The lowest BCUT2D eigenvalue weighted by Crippen LogP contribution is -2.13. The molecule has 1 aromatic rings. The Morgan fingerprint density at radius 2 is 2.33 bits per heavy atom. The van der Waals surface area contributed by atoms with Crippen molar-refractivity contribution in [2.75, 3.05) is 13.2 Å². The molecule has 2 atom stereocenters. The fourth-order valence-corrected chi connectivity index (χ4v) is 2.15. The van der Waals surface area contributed by atoms with E-state index in [0.717, 1.165) is 29.7 Å². The highest BCUT2D eigenvalue weighted by molar-refractivity contribution is 5.44. The minimum absolute atomic E-state index is 0.363. The summed E-state index contributed by atoms with van der Waals surface area (Å²) in [5, 5.41) is 18.3. The maximum absolute atomic E-state index is 9.77. The van der Waals surface area contributed by atoms with Gasteiger partial charge in [0, 0.05) is 5.56 Å². The van der Waals surface area contributed by atoms with Gasteiger partial charge in [0.05, 0.1) is 18.8 Å². The molecule has 1 aliphatic carbocycles. The minimum Gasteiger partial charge on any atom is -0.491 e. The van der Waals surface area contributed by atoms with Crippen LogP contribution in [0.1, 0.15) is 30.6 Å². The molecule has 1 aromatic carbocycles. The molecule has 0 fully saturated rings. The fourth-order valence-electron chi connectivity index (χ4n) is 2.15. The summed E-state index contributed by atoms with van der Waals surface area (Å²) in [6.07, 6.45) is 0.843. The number of fused-ring (bicyclic) bond motifs is 1. The lowest BCUT2D eigenvalue weighted by Gasteiger charge is -2.12. The van der Waals surface area contributed by atoms with Gasteiger partial charge in [-0.25, -0.2) is 0 Å². The largest absolute Gasteiger partial charge is 0.491 e. The van der Waals surface area contributed by atoms with Gasteiger partial charge in [-0.1, -0.05) is 12.1 Å². The molecular weight excluding hydrogens is 230 g/mol. The first-order chi connectivity index (χ1) is 8.72. The average Bonchev–Trinajstić information content (AvgIpc) is 2.77. The van der Waals surface area contributed by atoms with Crippen LogP contribution in [0.3, 0.4) is 0 Å². The quantitative estimate of drug-likeness (QED) is 0.808. The number of nitrogens with zero attached hydrogens (tertiary/aromatic N) is 1. The molecule has 0 bridgehead atoms. The molecule has 1 N–H and O–H groups in total. The van der Waals surface area contributed by atoms with Gasteiger partial charge in [-0.05, 0) is 31.4 Å². The van der Waals surface area contributed by atoms with Crippen LogP contribution in [-0.2, 0) is 11.2 Å². The summed E-state index contributed by atoms with van der Waals surface area (Å²) >= 11 is 0. The third kappa shape index (κ3) is 2.81. The smallest absolute Gasteiger partial charge is 0.141 e. The molecule has 0 amide bonds. The molecule has 96 valence electrons. The van der Waals surface area contributed by atoms with Crippen molar-refractivity contribution in [2.45, 2.75) is 32.0 Å². The van der Waals surface area contributed by atoms with Crippen molar-refractivity contribution in [3.8, 4) is 11.8 Å². The fraction of sp³-hybridized carbons (Fsp3) is 0.500. The lowest BCUT2D eigenvalue weighted by molar-refractivity contribution is 0.0742. The first-order valence-electron chi connectivity index (χ1n) is 6.16. The van der Waals surface area contributed by atoms with Crippen LogP contribution in [0.4, 0.5) is 0 Å². The highest BCUT2D eigenvalue weighted by Gasteiger charge is 2.22. The zero-order valence-electron chi connectivity index (χ0n) is 10.4. The van der Waals surface area contributed by atoms with Crippen LogP contribution < -0.4 is 4.74 Å². The number of nitriles is 1. The Labute approximate surface area is 107 Å². The molecule has 0 aromatic heterocycles. The van der Waals surface area contributed by atoms with E-state index in [1.54, 1.807) is 6.92 Å². The number of hydrogen-bond donors (Lipinski definition) is 1. The number of hydrogen-bond acceptors (Lipinski definition) is 4. The topological polar surface area (TPSA) is 62.5 Å². The number of ether oxygens (including phenoxy) is 2. The third-order valence-corrected chi connectivity index (χ3v) is 3.09. The Bertz CT molecular complexity index is 453. The van der Waals surface area contributed by atoms with Crippen molar-refractivity contribution in [3.63, 3.8) is 0 Å². The van der Waals surface area contributed by atoms with Gasteiger partial charge in [-0.2, -0.15) is 5.26 Å². The van der Waals surface area contributed by atoms with E-state index in [2.05, 4.69) is 0 Å². The van der Waals surface area contributed by atoms with E-state index < -0.39 is 6.10 Å². The zero-order valence-corrected chi connectivity index (χ0v) is 10.4. The van der Waals surface area contributed by atoms with Crippen molar-refractivity contribution in [1.29, 1.82) is 5.26 Å². The molecule has 0 saturated heterocycles. The first kappa shape index (κ1) is 12.9. The van der Waals surface area contributed by atoms with Crippen molar-refractivity contribution < 1.29 is 14.6 Å². The SMILES string of the molecule is CC(C#N)OCCOc1cccc2c1CCC2O. The van der Waals surface area contributed by atoms with Crippen molar-refractivity contribution in [1.82, 2.24) is 0 Å². The van der Waals surface area contributed by atoms with Gasteiger partial charge in [0.15, 0.2) is 0 Å². The van der Waals surface area contributed by atoms with Crippen molar-refractivity contribution in [3.05, 3.63) is 29.3 Å². The van der Waals surface area contributed by atoms with Gasteiger partial charge < -0.3 is 14.6 Å². The molecule has 2 unspecified atom stereocenters. The first-order valence-corrected chi connectivity index (χ1v) is 6.16. The van der Waals surface area contributed by atoms with Crippen LogP contribution in [-0.4, -0.2) is 24.4 Å².